The van der Waals surface area contributed by atoms with Crippen LogP contribution in [0, 0.1) is 5.82 Å². The first-order valence-corrected chi connectivity index (χ1v) is 12.0. The molecule has 170 valence electrons. The van der Waals surface area contributed by atoms with Crippen LogP contribution in [0.1, 0.15) is 32.1 Å². The number of rotatable bonds is 7. The van der Waals surface area contributed by atoms with Crippen LogP contribution in [0.4, 0.5) is 10.2 Å². The molecule has 0 spiro atoms. The molecule has 1 aromatic carbocycles. The molecule has 0 amide bonds. The summed E-state index contributed by atoms with van der Waals surface area (Å²) in [6, 6.07) is 9.01. The number of likely N-dealkylation sites (tertiary alicyclic amines) is 2. The Morgan fingerprint density at radius 2 is 1.72 bits per heavy atom. The summed E-state index contributed by atoms with van der Waals surface area (Å²) in [7, 11) is 2.17. The smallest absolute Gasteiger partial charge is 0.163 e. The number of nitrogens with one attached hydrogen (secondary N) is 1. The molecule has 0 atom stereocenters. The van der Waals surface area contributed by atoms with Gasteiger partial charge in [-0.3, -0.25) is 0 Å². The van der Waals surface area contributed by atoms with Gasteiger partial charge in [-0.05, 0) is 102 Å². The molecule has 1 N–H and O–H groups in total. The van der Waals surface area contributed by atoms with Crippen molar-refractivity contribution >= 4 is 16.9 Å². The first kappa shape index (κ1) is 21.3. The molecule has 0 radical (unpaired) electrons. The number of hydrogen-bond donors (Lipinski definition) is 1. The molecule has 0 aliphatic carbocycles. The van der Waals surface area contributed by atoms with E-state index in [0.717, 1.165) is 67.9 Å². The van der Waals surface area contributed by atoms with Crippen molar-refractivity contribution in [3.63, 3.8) is 0 Å². The molecule has 7 heteroatoms. The van der Waals surface area contributed by atoms with Gasteiger partial charge >= 0.3 is 0 Å². The van der Waals surface area contributed by atoms with Gasteiger partial charge in [-0.25, -0.2) is 14.4 Å². The van der Waals surface area contributed by atoms with Crippen LogP contribution in [0.15, 0.2) is 36.5 Å². The third kappa shape index (κ3) is 4.79. The van der Waals surface area contributed by atoms with E-state index in [1.54, 1.807) is 12.1 Å². The minimum Gasteiger partial charge on any atom is -0.367 e. The average Bonchev–Trinajstić information content (AvgIpc) is 3.46. The molecule has 6 nitrogen and oxygen atoms in total. The van der Waals surface area contributed by atoms with Crippen LogP contribution >= 0.6 is 0 Å². The molecule has 5 rings (SSSR count). The van der Waals surface area contributed by atoms with Gasteiger partial charge in [0.25, 0.3) is 0 Å². The predicted octanol–water partition coefficient (Wildman–Crippen LogP) is 4.23. The van der Waals surface area contributed by atoms with Crippen LogP contribution in [0.5, 0.6) is 0 Å². The van der Waals surface area contributed by atoms with E-state index >= 15 is 0 Å². The highest BCUT2D eigenvalue weighted by molar-refractivity contribution is 5.89. The first-order chi connectivity index (χ1) is 15.7. The van der Waals surface area contributed by atoms with E-state index in [4.69, 9.17) is 9.97 Å². The predicted molar refractivity (Wildman–Crippen MR) is 127 cm³/mol. The minimum absolute atomic E-state index is 0.246. The monoisotopic (exact) mass is 436 g/mol. The number of halogens is 1. The number of anilines is 1. The van der Waals surface area contributed by atoms with E-state index in [2.05, 4.69) is 39.0 Å². The number of hydrogen-bond acceptors (Lipinski definition) is 5. The van der Waals surface area contributed by atoms with Crippen molar-refractivity contribution in [3.05, 3.63) is 42.3 Å². The highest BCUT2D eigenvalue weighted by atomic mass is 19.1. The topological polar surface area (TPSA) is 49.2 Å². The van der Waals surface area contributed by atoms with E-state index < -0.39 is 0 Å². The Bertz CT molecular complexity index is 1030. The minimum atomic E-state index is -0.246. The Hall–Kier alpha value is -2.51. The van der Waals surface area contributed by atoms with Gasteiger partial charge < -0.3 is 19.7 Å². The lowest BCUT2D eigenvalue weighted by Crippen LogP contribution is -2.36. The van der Waals surface area contributed by atoms with Crippen molar-refractivity contribution in [2.24, 2.45) is 0 Å². The van der Waals surface area contributed by atoms with Crippen molar-refractivity contribution in [1.82, 2.24) is 24.3 Å². The van der Waals surface area contributed by atoms with Gasteiger partial charge in [-0.1, -0.05) is 0 Å². The zero-order valence-electron chi connectivity index (χ0n) is 18.9. The summed E-state index contributed by atoms with van der Waals surface area (Å²) in [4.78, 5) is 14.7. The Kier molecular flexibility index (Phi) is 6.37. The van der Waals surface area contributed by atoms with Crippen molar-refractivity contribution in [2.75, 3.05) is 45.1 Å². The summed E-state index contributed by atoms with van der Waals surface area (Å²) in [6.07, 6.45) is 8.10. The molecular weight excluding hydrogens is 403 g/mol. The summed E-state index contributed by atoms with van der Waals surface area (Å²) >= 11 is 0. The Labute approximate surface area is 189 Å². The third-order valence-electron chi connectivity index (χ3n) is 6.85. The lowest BCUT2D eigenvalue weighted by molar-refractivity contribution is 0.264. The maximum Gasteiger partial charge on any atom is 0.163 e. The largest absolute Gasteiger partial charge is 0.367 e. The molecule has 2 saturated heterocycles. The number of nitrogens with zero attached hydrogens (tertiary/aromatic N) is 5. The fraction of sp³-hybridized carbons (Fsp3) is 0.520. The van der Waals surface area contributed by atoms with Gasteiger partial charge in [0.15, 0.2) is 5.82 Å². The number of aryl methyl sites for hydroxylation is 1. The molecule has 0 bridgehead atoms. The highest BCUT2D eigenvalue weighted by Gasteiger charge is 2.20. The van der Waals surface area contributed by atoms with E-state index in [9.17, 15) is 4.39 Å². The summed E-state index contributed by atoms with van der Waals surface area (Å²) in [6.45, 7) is 6.72. The molecule has 0 unspecified atom stereocenters. The van der Waals surface area contributed by atoms with Crippen LogP contribution in [0.3, 0.4) is 0 Å². The van der Waals surface area contributed by atoms with Crippen LogP contribution in [-0.4, -0.2) is 70.1 Å². The molecule has 2 fully saturated rings. The lowest BCUT2D eigenvalue weighted by Gasteiger charge is -2.30. The Morgan fingerprint density at radius 1 is 0.969 bits per heavy atom. The normalized spacial score (nSPS) is 18.6. The number of aromatic nitrogens is 3. The summed E-state index contributed by atoms with van der Waals surface area (Å²) < 4.78 is 15.7. The van der Waals surface area contributed by atoms with E-state index in [1.807, 2.05) is 0 Å². The Balaban J connectivity index is 1.43. The summed E-state index contributed by atoms with van der Waals surface area (Å²) in [5.41, 5.74) is 1.79. The molecule has 4 heterocycles. The number of piperidine rings is 1. The van der Waals surface area contributed by atoms with Crippen molar-refractivity contribution < 1.29 is 4.39 Å². The second-order valence-electron chi connectivity index (χ2n) is 9.27. The maximum atomic E-state index is 13.5. The quantitative estimate of drug-likeness (QED) is 0.601. The van der Waals surface area contributed by atoms with E-state index in [1.165, 1.54) is 38.1 Å². The SMILES string of the molecule is CN1CCC(Nc2nc(-c3ccc(F)cc3)nc3c2ccn3CCCN2CCCC2)CC1. The molecule has 32 heavy (non-hydrogen) atoms. The first-order valence-electron chi connectivity index (χ1n) is 12.0. The molecule has 0 saturated carbocycles. The van der Waals surface area contributed by atoms with Gasteiger partial charge in [-0.2, -0.15) is 0 Å². The van der Waals surface area contributed by atoms with Gasteiger partial charge in [0.1, 0.15) is 17.3 Å². The van der Waals surface area contributed by atoms with Crippen LogP contribution in [0.25, 0.3) is 22.4 Å². The van der Waals surface area contributed by atoms with Gasteiger partial charge in [0, 0.05) is 24.3 Å². The molecule has 2 aliphatic heterocycles. The lowest BCUT2D eigenvalue weighted by atomic mass is 10.1. The zero-order valence-corrected chi connectivity index (χ0v) is 18.9. The second-order valence-corrected chi connectivity index (χ2v) is 9.27. The molecule has 2 aliphatic rings. The van der Waals surface area contributed by atoms with Crippen molar-refractivity contribution in [3.8, 4) is 11.4 Å². The number of benzene rings is 1. The average molecular weight is 437 g/mol. The van der Waals surface area contributed by atoms with Crippen LogP contribution in [0.2, 0.25) is 0 Å². The van der Waals surface area contributed by atoms with Gasteiger partial charge in [0.05, 0.1) is 5.39 Å². The van der Waals surface area contributed by atoms with Gasteiger partial charge in [-0.15, -0.1) is 0 Å². The maximum absolute atomic E-state index is 13.5. The van der Waals surface area contributed by atoms with Crippen molar-refractivity contribution in [2.45, 2.75) is 44.7 Å². The molecule has 3 aromatic rings. The van der Waals surface area contributed by atoms with E-state index in [0.29, 0.717) is 11.9 Å². The second kappa shape index (κ2) is 9.55. The van der Waals surface area contributed by atoms with E-state index in [-0.39, 0.29) is 5.82 Å². The molecular formula is C25H33FN6. The third-order valence-corrected chi connectivity index (χ3v) is 6.85. The van der Waals surface area contributed by atoms with Crippen LogP contribution in [-0.2, 0) is 6.54 Å². The van der Waals surface area contributed by atoms with Crippen LogP contribution < -0.4 is 5.32 Å². The standard InChI is InChI=1S/C25H33FN6/c1-30-16-9-21(10-17-30)27-24-22-11-18-32(15-4-14-31-12-2-3-13-31)25(22)29-23(28-24)19-5-7-20(26)8-6-19/h5-8,11,18,21H,2-4,9-10,12-17H2,1H3,(H,27,28,29). The van der Waals surface area contributed by atoms with Crippen molar-refractivity contribution in [1.29, 1.82) is 0 Å². The number of fused-ring (bicyclic) bond motifs is 1. The fourth-order valence-corrected chi connectivity index (χ4v) is 4.90. The molecule has 2 aromatic heterocycles. The zero-order chi connectivity index (χ0) is 21.9. The summed E-state index contributed by atoms with van der Waals surface area (Å²) in [5, 5.41) is 4.77. The highest BCUT2D eigenvalue weighted by Crippen LogP contribution is 2.28. The van der Waals surface area contributed by atoms with Gasteiger partial charge in [0.2, 0.25) is 0 Å². The Morgan fingerprint density at radius 3 is 2.47 bits per heavy atom. The summed E-state index contributed by atoms with van der Waals surface area (Å²) in [5.74, 6) is 1.29. The fourth-order valence-electron chi connectivity index (χ4n) is 4.90.